The number of imide groups is 1. The zero-order valence-corrected chi connectivity index (χ0v) is 15.9. The summed E-state index contributed by atoms with van der Waals surface area (Å²) < 4.78 is 10.1. The van der Waals surface area contributed by atoms with Crippen LogP contribution in [0.4, 0.5) is 4.79 Å². The van der Waals surface area contributed by atoms with E-state index in [4.69, 9.17) is 9.47 Å². The molecule has 0 aromatic heterocycles. The van der Waals surface area contributed by atoms with Gasteiger partial charge >= 0.3 is 12.0 Å². The van der Waals surface area contributed by atoms with Gasteiger partial charge in [0.2, 0.25) is 0 Å². The van der Waals surface area contributed by atoms with E-state index in [0.717, 1.165) is 24.8 Å². The van der Waals surface area contributed by atoms with Gasteiger partial charge in [-0.25, -0.2) is 9.59 Å². The minimum Gasteiger partial charge on any atom is -0.496 e. The quantitative estimate of drug-likeness (QED) is 0.582. The number of nitrogens with one attached hydrogen (secondary N) is 2. The number of benzene rings is 1. The first-order chi connectivity index (χ1) is 13.4. The van der Waals surface area contributed by atoms with E-state index in [0.29, 0.717) is 23.6 Å². The number of hydrogen-bond acceptors (Lipinski definition) is 6. The van der Waals surface area contributed by atoms with E-state index in [1.54, 1.807) is 18.2 Å². The second kappa shape index (κ2) is 7.87. The number of amides is 4. The zero-order valence-electron chi connectivity index (χ0n) is 15.9. The van der Waals surface area contributed by atoms with Gasteiger partial charge < -0.3 is 14.8 Å². The van der Waals surface area contributed by atoms with Gasteiger partial charge in [0.25, 0.3) is 11.8 Å². The number of carbonyl (C=O) groups excluding carboxylic acids is 4. The third-order valence-electron chi connectivity index (χ3n) is 5.01. The normalized spacial score (nSPS) is 18.0. The van der Waals surface area contributed by atoms with Gasteiger partial charge in [-0.3, -0.25) is 15.0 Å². The fourth-order valence-electron chi connectivity index (χ4n) is 3.56. The highest BCUT2D eigenvalue weighted by atomic mass is 16.5. The minimum absolute atomic E-state index is 0.187. The largest absolute Gasteiger partial charge is 0.496 e. The average molecular weight is 389 g/mol. The van der Waals surface area contributed by atoms with Gasteiger partial charge in [-0.15, -0.1) is 0 Å². The Hall–Kier alpha value is -3.10. The van der Waals surface area contributed by atoms with Gasteiger partial charge in [0, 0.05) is 0 Å². The van der Waals surface area contributed by atoms with E-state index < -0.39 is 36.0 Å². The second-order valence-electron chi connectivity index (χ2n) is 7.03. The van der Waals surface area contributed by atoms with E-state index >= 15 is 0 Å². The fourth-order valence-corrected chi connectivity index (χ4v) is 3.56. The van der Waals surface area contributed by atoms with Crippen molar-refractivity contribution < 1.29 is 28.7 Å². The summed E-state index contributed by atoms with van der Waals surface area (Å²) in [6, 6.07) is 4.32. The highest BCUT2D eigenvalue weighted by Gasteiger charge is 2.52. The summed E-state index contributed by atoms with van der Waals surface area (Å²) in [5, 5.41) is 3.36. The highest BCUT2D eigenvalue weighted by Crippen LogP contribution is 2.33. The molecule has 0 bridgehead atoms. The molecule has 3 rings (SSSR count). The van der Waals surface area contributed by atoms with Crippen LogP contribution >= 0.6 is 0 Å². The first-order valence-electron chi connectivity index (χ1n) is 9.14. The Morgan fingerprint density at radius 1 is 1.21 bits per heavy atom. The summed E-state index contributed by atoms with van der Waals surface area (Å²) in [5.41, 5.74) is 2.30. The van der Waals surface area contributed by atoms with Crippen LogP contribution in [-0.2, 0) is 14.3 Å². The molecule has 4 amide bonds. The monoisotopic (exact) mass is 389 g/mol. The number of urea groups is 1. The Bertz CT molecular complexity index is 816. The molecule has 150 valence electrons. The molecule has 1 saturated carbocycles. The molecule has 1 spiro atoms. The van der Waals surface area contributed by atoms with Crippen molar-refractivity contribution in [2.24, 2.45) is 0 Å². The Kier molecular flexibility index (Phi) is 5.53. The topological polar surface area (TPSA) is 114 Å². The van der Waals surface area contributed by atoms with Crippen LogP contribution in [0.25, 0.3) is 0 Å². The van der Waals surface area contributed by atoms with Gasteiger partial charge in [0.15, 0.2) is 6.61 Å². The minimum atomic E-state index is -0.936. The number of aryl methyl sites for hydroxylation is 1. The third-order valence-corrected chi connectivity index (χ3v) is 5.01. The summed E-state index contributed by atoms with van der Waals surface area (Å²) in [5.74, 6) is -1.67. The first kappa shape index (κ1) is 19.7. The van der Waals surface area contributed by atoms with Crippen LogP contribution in [0.5, 0.6) is 5.75 Å². The van der Waals surface area contributed by atoms with Gasteiger partial charge in [-0.2, -0.15) is 5.01 Å². The molecule has 1 heterocycles. The Morgan fingerprint density at radius 2 is 1.93 bits per heavy atom. The molecule has 2 aliphatic rings. The van der Waals surface area contributed by atoms with E-state index in [-0.39, 0.29) is 5.56 Å². The molecule has 2 N–H and O–H groups in total. The number of hydrogen-bond donors (Lipinski definition) is 2. The maximum atomic E-state index is 12.6. The Morgan fingerprint density at radius 3 is 2.61 bits per heavy atom. The van der Waals surface area contributed by atoms with Gasteiger partial charge in [-0.1, -0.05) is 30.9 Å². The third kappa shape index (κ3) is 3.78. The molecular formula is C19H23N3O6. The lowest BCUT2D eigenvalue weighted by molar-refractivity contribution is -0.140. The maximum Gasteiger partial charge on any atom is 0.344 e. The molecule has 9 heteroatoms. The van der Waals surface area contributed by atoms with Crippen molar-refractivity contribution in [3.05, 3.63) is 29.3 Å². The lowest BCUT2D eigenvalue weighted by Gasteiger charge is -2.30. The summed E-state index contributed by atoms with van der Waals surface area (Å²) in [4.78, 5) is 49.1. The van der Waals surface area contributed by atoms with Crippen LogP contribution in [0.3, 0.4) is 0 Å². The second-order valence-corrected chi connectivity index (χ2v) is 7.03. The van der Waals surface area contributed by atoms with Crippen molar-refractivity contribution >= 4 is 23.8 Å². The molecule has 2 fully saturated rings. The van der Waals surface area contributed by atoms with E-state index in [1.165, 1.54) is 7.11 Å². The average Bonchev–Trinajstić information content (AvgIpc) is 2.90. The number of ether oxygens (including phenoxy) is 2. The molecule has 9 nitrogen and oxygen atoms in total. The van der Waals surface area contributed by atoms with E-state index in [1.807, 2.05) is 6.92 Å². The highest BCUT2D eigenvalue weighted by molar-refractivity contribution is 6.08. The van der Waals surface area contributed by atoms with Crippen LogP contribution in [0, 0.1) is 6.92 Å². The smallest absolute Gasteiger partial charge is 0.344 e. The summed E-state index contributed by atoms with van der Waals surface area (Å²) in [6.45, 7) is 1.17. The summed E-state index contributed by atoms with van der Waals surface area (Å²) in [7, 11) is 1.42. The number of rotatable bonds is 5. The predicted octanol–water partition coefficient (Wildman–Crippen LogP) is 1.45. The van der Waals surface area contributed by atoms with Crippen LogP contribution < -0.4 is 15.5 Å². The van der Waals surface area contributed by atoms with E-state index in [2.05, 4.69) is 10.7 Å². The van der Waals surface area contributed by atoms with Crippen LogP contribution in [-0.4, -0.2) is 48.1 Å². The number of methoxy groups -OCH3 is 1. The molecule has 0 atom stereocenters. The number of esters is 1. The Labute approximate surface area is 162 Å². The number of carbonyl (C=O) groups is 4. The molecular weight excluding hydrogens is 366 g/mol. The molecule has 1 saturated heterocycles. The molecule has 1 aromatic rings. The van der Waals surface area contributed by atoms with Gasteiger partial charge in [0.1, 0.15) is 16.9 Å². The molecule has 28 heavy (non-hydrogen) atoms. The SMILES string of the molecule is COc1ccc(C)cc1C(=O)OCC(=O)NN1C(=O)NC2(CCCCC2)C1=O. The lowest BCUT2D eigenvalue weighted by atomic mass is 9.82. The van der Waals surface area contributed by atoms with Gasteiger partial charge in [-0.05, 0) is 31.9 Å². The maximum absolute atomic E-state index is 12.6. The van der Waals surface area contributed by atoms with Crippen molar-refractivity contribution in [3.8, 4) is 5.75 Å². The van der Waals surface area contributed by atoms with E-state index in [9.17, 15) is 19.2 Å². The predicted molar refractivity (Wildman–Crippen MR) is 97.3 cm³/mol. The lowest BCUT2D eigenvalue weighted by Crippen LogP contribution is -2.51. The molecule has 1 aromatic carbocycles. The zero-order chi connectivity index (χ0) is 20.3. The molecule has 1 aliphatic carbocycles. The first-order valence-corrected chi connectivity index (χ1v) is 9.14. The van der Waals surface area contributed by atoms with Crippen LogP contribution in [0.15, 0.2) is 18.2 Å². The van der Waals surface area contributed by atoms with Crippen LogP contribution in [0.1, 0.15) is 48.0 Å². The molecule has 0 unspecified atom stereocenters. The fraction of sp³-hybridized carbons (Fsp3) is 0.474. The van der Waals surface area contributed by atoms with Crippen molar-refractivity contribution in [3.63, 3.8) is 0 Å². The Balaban J connectivity index is 1.59. The van der Waals surface area contributed by atoms with Gasteiger partial charge in [0.05, 0.1) is 7.11 Å². The molecule has 0 radical (unpaired) electrons. The van der Waals surface area contributed by atoms with Crippen molar-refractivity contribution in [1.82, 2.24) is 15.8 Å². The number of hydrazine groups is 1. The van der Waals surface area contributed by atoms with Crippen LogP contribution in [0.2, 0.25) is 0 Å². The van der Waals surface area contributed by atoms with Crippen molar-refractivity contribution in [2.75, 3.05) is 13.7 Å². The summed E-state index contributed by atoms with van der Waals surface area (Å²) >= 11 is 0. The molecule has 1 aliphatic heterocycles. The van der Waals surface area contributed by atoms with Crippen molar-refractivity contribution in [1.29, 1.82) is 0 Å². The number of nitrogens with zero attached hydrogens (tertiary/aromatic N) is 1. The van der Waals surface area contributed by atoms with Crippen molar-refractivity contribution in [2.45, 2.75) is 44.6 Å². The summed E-state index contributed by atoms with van der Waals surface area (Å²) in [6.07, 6.45) is 3.78. The standard InChI is InChI=1S/C19H23N3O6/c1-12-6-7-14(27-2)13(10-12)16(24)28-11-15(23)21-22-17(25)19(20-18(22)26)8-4-3-5-9-19/h6-7,10H,3-5,8-9,11H2,1-2H3,(H,20,26)(H,21,23).